The van der Waals surface area contributed by atoms with Gasteiger partial charge in [0.15, 0.2) is 17.5 Å². The molecule has 0 saturated heterocycles. The van der Waals surface area contributed by atoms with E-state index in [2.05, 4.69) is 133 Å². The highest BCUT2D eigenvalue weighted by atomic mass is 32.1. The van der Waals surface area contributed by atoms with Crippen molar-refractivity contribution in [1.29, 1.82) is 0 Å². The second-order valence-corrected chi connectivity index (χ2v) is 14.3. The van der Waals surface area contributed by atoms with Crippen LogP contribution in [0.4, 0.5) is 0 Å². The molecule has 4 nitrogen and oxygen atoms in total. The number of benzene rings is 8. The molecule has 52 heavy (non-hydrogen) atoms. The van der Waals surface area contributed by atoms with Gasteiger partial charge in [-0.1, -0.05) is 121 Å². The van der Waals surface area contributed by atoms with E-state index in [9.17, 15) is 0 Å². The van der Waals surface area contributed by atoms with Gasteiger partial charge in [0.05, 0.1) is 0 Å². The van der Waals surface area contributed by atoms with E-state index in [1.165, 1.54) is 41.9 Å². The number of furan rings is 1. The largest absolute Gasteiger partial charge is 0.456 e. The molecule has 0 spiro atoms. The monoisotopic (exact) mass is 681 g/mol. The Morgan fingerprint density at radius 1 is 0.346 bits per heavy atom. The summed E-state index contributed by atoms with van der Waals surface area (Å²) in [5.41, 5.74) is 6.69. The minimum atomic E-state index is 0.601. The highest BCUT2D eigenvalue weighted by Gasteiger charge is 2.16. The molecular weight excluding hydrogens is 655 g/mol. The van der Waals surface area contributed by atoms with Gasteiger partial charge in [0.2, 0.25) is 0 Å². The summed E-state index contributed by atoms with van der Waals surface area (Å²) in [5, 5.41) is 9.63. The van der Waals surface area contributed by atoms with Crippen molar-refractivity contribution in [2.75, 3.05) is 0 Å². The molecule has 0 aliphatic carbocycles. The summed E-state index contributed by atoms with van der Waals surface area (Å²) >= 11 is 1.87. The number of hydrogen-bond acceptors (Lipinski definition) is 5. The van der Waals surface area contributed by atoms with E-state index in [1.807, 2.05) is 41.7 Å². The van der Waals surface area contributed by atoms with Crippen LogP contribution in [0.2, 0.25) is 0 Å². The molecule has 0 bridgehead atoms. The van der Waals surface area contributed by atoms with Gasteiger partial charge >= 0.3 is 0 Å². The van der Waals surface area contributed by atoms with Crippen molar-refractivity contribution in [3.63, 3.8) is 0 Å². The molecule has 0 N–H and O–H groups in total. The Bertz CT molecular complexity index is 3200. The molecular formula is C47H27N3OS. The van der Waals surface area contributed by atoms with Crippen LogP contribution in [-0.2, 0) is 0 Å². The Morgan fingerprint density at radius 3 is 1.71 bits per heavy atom. The summed E-state index contributed by atoms with van der Waals surface area (Å²) in [6, 6.07) is 57.5. The third-order valence-corrected chi connectivity index (χ3v) is 11.3. The molecule has 0 aliphatic rings. The fourth-order valence-electron chi connectivity index (χ4n) is 7.46. The zero-order valence-corrected chi connectivity index (χ0v) is 28.6. The maximum absolute atomic E-state index is 6.58. The van der Waals surface area contributed by atoms with E-state index in [4.69, 9.17) is 19.4 Å². The summed E-state index contributed by atoms with van der Waals surface area (Å²) < 4.78 is 9.21. The third kappa shape index (κ3) is 4.71. The lowest BCUT2D eigenvalue weighted by Gasteiger charge is -2.09. The predicted molar refractivity (Wildman–Crippen MR) is 217 cm³/mol. The minimum absolute atomic E-state index is 0.601. The molecule has 3 aromatic heterocycles. The first-order valence-electron chi connectivity index (χ1n) is 17.3. The van der Waals surface area contributed by atoms with Gasteiger partial charge in [-0.05, 0) is 75.1 Å². The molecule has 0 unspecified atom stereocenters. The highest BCUT2D eigenvalue weighted by molar-refractivity contribution is 7.26. The number of rotatable bonds is 4. The minimum Gasteiger partial charge on any atom is -0.456 e. The molecule has 0 aliphatic heterocycles. The molecule has 242 valence electrons. The molecule has 0 saturated carbocycles. The second-order valence-electron chi connectivity index (χ2n) is 13.2. The summed E-state index contributed by atoms with van der Waals surface area (Å²) in [6.07, 6.45) is 0. The Labute approximate surface area is 302 Å². The second kappa shape index (κ2) is 11.4. The van der Waals surface area contributed by atoms with Crippen LogP contribution in [0.1, 0.15) is 0 Å². The van der Waals surface area contributed by atoms with Crippen molar-refractivity contribution in [2.45, 2.75) is 0 Å². The lowest BCUT2D eigenvalue weighted by atomic mass is 10.0. The molecule has 3 heterocycles. The maximum atomic E-state index is 6.58. The molecule has 5 heteroatoms. The van der Waals surface area contributed by atoms with Crippen LogP contribution in [0, 0.1) is 0 Å². The first kappa shape index (κ1) is 29.1. The SMILES string of the molecule is c1ccc(-c2nc(-c3ccc4ccccc4c3)nc(-c3ccc4c(c3)oc3cc(-c5ccc6sc7c8ccccc8ccc7c6c5)ccc34)n2)cc1. The summed E-state index contributed by atoms with van der Waals surface area (Å²) in [5.74, 6) is 1.86. The van der Waals surface area contributed by atoms with Gasteiger partial charge in [0.1, 0.15) is 11.2 Å². The Hall–Kier alpha value is -6.69. The van der Waals surface area contributed by atoms with Gasteiger partial charge in [0.25, 0.3) is 0 Å². The standard InChI is InChI=1S/C47H27N3OS/c1-2-10-30(11-3-1)45-48-46(34-15-14-28-8-4-5-12-31(28)24-34)50-47(49-45)35-18-21-38-37-20-17-33(26-41(37)51-42(38)27-35)32-19-23-43-40(25-32)39-22-16-29-9-6-7-13-36(29)44(39)52-43/h1-27H. The first-order valence-corrected chi connectivity index (χ1v) is 18.2. The van der Waals surface area contributed by atoms with Crippen LogP contribution in [0.3, 0.4) is 0 Å². The third-order valence-electron chi connectivity index (χ3n) is 10.1. The topological polar surface area (TPSA) is 51.8 Å². The average Bonchev–Trinajstić information content (AvgIpc) is 3.78. The van der Waals surface area contributed by atoms with E-state index < -0.39 is 0 Å². The van der Waals surface area contributed by atoms with E-state index >= 15 is 0 Å². The molecule has 0 radical (unpaired) electrons. The quantitative estimate of drug-likeness (QED) is 0.185. The lowest BCUT2D eigenvalue weighted by Crippen LogP contribution is -2.00. The number of aromatic nitrogens is 3. The lowest BCUT2D eigenvalue weighted by molar-refractivity contribution is 0.669. The van der Waals surface area contributed by atoms with Crippen LogP contribution >= 0.6 is 11.3 Å². The predicted octanol–water partition coefficient (Wildman–Crippen LogP) is 13.1. The number of thiophene rings is 1. The summed E-state index contributed by atoms with van der Waals surface area (Å²) in [7, 11) is 0. The van der Waals surface area contributed by atoms with E-state index in [-0.39, 0.29) is 0 Å². The van der Waals surface area contributed by atoms with Crippen molar-refractivity contribution >= 4 is 75.0 Å². The smallest absolute Gasteiger partial charge is 0.164 e. The van der Waals surface area contributed by atoms with Crippen LogP contribution < -0.4 is 0 Å². The average molecular weight is 682 g/mol. The molecule has 0 amide bonds. The number of hydrogen-bond donors (Lipinski definition) is 0. The van der Waals surface area contributed by atoms with Gasteiger partial charge in [-0.25, -0.2) is 15.0 Å². The number of fused-ring (bicyclic) bond motifs is 9. The van der Waals surface area contributed by atoms with Crippen molar-refractivity contribution in [3.05, 3.63) is 164 Å². The van der Waals surface area contributed by atoms with E-state index in [0.717, 1.165) is 49.6 Å². The van der Waals surface area contributed by atoms with Gasteiger partial charge in [0, 0.05) is 47.6 Å². The first-order chi connectivity index (χ1) is 25.7. The van der Waals surface area contributed by atoms with E-state index in [1.54, 1.807) is 0 Å². The molecule has 11 aromatic rings. The van der Waals surface area contributed by atoms with Gasteiger partial charge in [-0.2, -0.15) is 0 Å². The van der Waals surface area contributed by atoms with Crippen molar-refractivity contribution < 1.29 is 4.42 Å². The van der Waals surface area contributed by atoms with Crippen LogP contribution in [0.5, 0.6) is 0 Å². The van der Waals surface area contributed by atoms with Crippen LogP contribution in [0.15, 0.2) is 168 Å². The van der Waals surface area contributed by atoms with Crippen LogP contribution in [-0.4, -0.2) is 15.0 Å². The fraction of sp³-hybridized carbons (Fsp3) is 0. The van der Waals surface area contributed by atoms with E-state index in [0.29, 0.717) is 17.5 Å². The summed E-state index contributed by atoms with van der Waals surface area (Å²) in [4.78, 5) is 14.9. The molecule has 0 atom stereocenters. The van der Waals surface area contributed by atoms with Crippen LogP contribution in [0.25, 0.3) is 109 Å². The van der Waals surface area contributed by atoms with Gasteiger partial charge < -0.3 is 4.42 Å². The molecule has 0 fully saturated rings. The molecule has 8 aromatic carbocycles. The normalized spacial score (nSPS) is 11.8. The Kier molecular flexibility index (Phi) is 6.39. The zero-order valence-electron chi connectivity index (χ0n) is 27.7. The summed E-state index contributed by atoms with van der Waals surface area (Å²) in [6.45, 7) is 0. The zero-order chi connectivity index (χ0) is 34.2. The van der Waals surface area contributed by atoms with Crippen molar-refractivity contribution in [1.82, 2.24) is 15.0 Å². The maximum Gasteiger partial charge on any atom is 0.164 e. The van der Waals surface area contributed by atoms with Crippen molar-refractivity contribution in [2.24, 2.45) is 0 Å². The van der Waals surface area contributed by atoms with Gasteiger partial charge in [-0.3, -0.25) is 0 Å². The number of nitrogens with zero attached hydrogens (tertiary/aromatic N) is 3. The van der Waals surface area contributed by atoms with Gasteiger partial charge in [-0.15, -0.1) is 11.3 Å². The molecule has 11 rings (SSSR count). The highest BCUT2D eigenvalue weighted by Crippen LogP contribution is 2.41. The Balaban J connectivity index is 1.01. The Morgan fingerprint density at radius 2 is 0.904 bits per heavy atom. The van der Waals surface area contributed by atoms with Crippen molar-refractivity contribution in [3.8, 4) is 45.3 Å². The fourth-order valence-corrected chi connectivity index (χ4v) is 8.68.